The van der Waals surface area contributed by atoms with Crippen molar-refractivity contribution in [2.75, 3.05) is 19.6 Å². The summed E-state index contributed by atoms with van der Waals surface area (Å²) in [6, 6.07) is 13.4. The Morgan fingerprint density at radius 3 is 2.63 bits per heavy atom. The Morgan fingerprint density at radius 2 is 1.90 bits per heavy atom. The minimum Gasteiger partial charge on any atom is -0.450 e. The lowest BCUT2D eigenvalue weighted by atomic mass is 9.99. The number of carbonyl (C=O) groups excluding carboxylic acids is 3. The van der Waals surface area contributed by atoms with Crippen LogP contribution in [-0.4, -0.2) is 46.5 Å². The highest BCUT2D eigenvalue weighted by atomic mass is 32.2. The fourth-order valence-electron chi connectivity index (χ4n) is 3.33. The molecule has 6 nitrogen and oxygen atoms in total. The molecule has 0 N–H and O–H groups in total. The van der Waals surface area contributed by atoms with E-state index in [2.05, 4.69) is 6.92 Å². The Hall–Kier alpha value is -2.45. The van der Waals surface area contributed by atoms with E-state index in [0.717, 1.165) is 34.4 Å². The lowest BCUT2D eigenvalue weighted by molar-refractivity contribution is -0.136. The van der Waals surface area contributed by atoms with Crippen LogP contribution >= 0.6 is 23.5 Å². The fourth-order valence-corrected chi connectivity index (χ4v) is 4.95. The van der Waals surface area contributed by atoms with Crippen LogP contribution in [-0.2, 0) is 9.59 Å². The lowest BCUT2D eigenvalue weighted by Crippen LogP contribution is -2.45. The van der Waals surface area contributed by atoms with Gasteiger partial charge in [0.1, 0.15) is 12.3 Å². The third-order valence-electron chi connectivity index (χ3n) is 5.14. The smallest absolute Gasteiger partial charge is 0.294 e. The number of imide groups is 1. The van der Waals surface area contributed by atoms with E-state index < -0.39 is 11.1 Å². The second-order valence-corrected chi connectivity index (χ2v) is 9.47. The number of likely N-dealkylation sites (tertiary alicyclic amines) is 1. The summed E-state index contributed by atoms with van der Waals surface area (Å²) in [7, 11) is 0. The van der Waals surface area contributed by atoms with Crippen LogP contribution in [0, 0.1) is 5.92 Å². The third kappa shape index (κ3) is 4.82. The van der Waals surface area contributed by atoms with Gasteiger partial charge in [-0.05, 0) is 54.8 Å². The van der Waals surface area contributed by atoms with E-state index in [-0.39, 0.29) is 17.4 Å². The normalized spacial score (nSPS) is 19.2. The van der Waals surface area contributed by atoms with Crippen molar-refractivity contribution in [2.45, 2.75) is 29.8 Å². The van der Waals surface area contributed by atoms with Gasteiger partial charge in [0.05, 0.1) is 4.91 Å². The molecule has 0 radical (unpaired) electrons. The van der Waals surface area contributed by atoms with E-state index in [0.29, 0.717) is 29.9 Å². The first kappa shape index (κ1) is 20.8. The van der Waals surface area contributed by atoms with E-state index >= 15 is 0 Å². The van der Waals surface area contributed by atoms with E-state index in [1.54, 1.807) is 17.0 Å². The third-order valence-corrected chi connectivity index (χ3v) is 6.98. The highest BCUT2D eigenvalue weighted by Crippen LogP contribution is 2.34. The number of nitrogens with zero attached hydrogens (tertiary/aromatic N) is 2. The van der Waals surface area contributed by atoms with Gasteiger partial charge in [0.2, 0.25) is 5.91 Å². The Balaban J connectivity index is 1.40. The standard InChI is InChI=1S/C22H22N2O4S2/c1-15-9-11-23(12-10-15)19(25)14-24-21(26)18(30-22(24)27)13-16-7-8-20(28-16)29-17-5-3-2-4-6-17/h2-8,13,15H,9-12,14H2,1H3/b18-13-. The van der Waals surface area contributed by atoms with Gasteiger partial charge in [0, 0.05) is 24.1 Å². The summed E-state index contributed by atoms with van der Waals surface area (Å²) in [6.07, 6.45) is 3.47. The number of thioether (sulfide) groups is 1. The van der Waals surface area contributed by atoms with Crippen LogP contribution in [0.25, 0.3) is 6.08 Å². The van der Waals surface area contributed by atoms with Gasteiger partial charge in [-0.25, -0.2) is 0 Å². The average molecular weight is 443 g/mol. The predicted molar refractivity (Wildman–Crippen MR) is 117 cm³/mol. The molecule has 30 heavy (non-hydrogen) atoms. The topological polar surface area (TPSA) is 70.8 Å². The second-order valence-electron chi connectivity index (χ2n) is 7.40. The molecule has 0 atom stereocenters. The van der Waals surface area contributed by atoms with Crippen LogP contribution in [0.3, 0.4) is 0 Å². The first-order valence-electron chi connectivity index (χ1n) is 9.85. The number of rotatable bonds is 5. The molecule has 156 valence electrons. The van der Waals surface area contributed by atoms with Crippen molar-refractivity contribution in [3.05, 3.63) is 53.1 Å². The second kappa shape index (κ2) is 9.14. The van der Waals surface area contributed by atoms with Crippen LogP contribution in [0.4, 0.5) is 4.79 Å². The maximum Gasteiger partial charge on any atom is 0.294 e. The van der Waals surface area contributed by atoms with Crippen molar-refractivity contribution < 1.29 is 18.8 Å². The molecule has 0 unspecified atom stereocenters. The number of piperidine rings is 1. The zero-order chi connectivity index (χ0) is 21.1. The highest BCUT2D eigenvalue weighted by Gasteiger charge is 2.37. The zero-order valence-corrected chi connectivity index (χ0v) is 18.2. The molecule has 2 aliphatic rings. The predicted octanol–water partition coefficient (Wildman–Crippen LogP) is 4.73. The molecular formula is C22H22N2O4S2. The minimum atomic E-state index is -0.447. The van der Waals surface area contributed by atoms with Gasteiger partial charge in [-0.15, -0.1) is 0 Å². The summed E-state index contributed by atoms with van der Waals surface area (Å²) in [5, 5.41) is 0.275. The maximum atomic E-state index is 12.7. The monoisotopic (exact) mass is 442 g/mol. The van der Waals surface area contributed by atoms with E-state index in [9.17, 15) is 14.4 Å². The van der Waals surface area contributed by atoms with Gasteiger partial charge >= 0.3 is 0 Å². The summed E-state index contributed by atoms with van der Waals surface area (Å²) < 4.78 is 5.77. The van der Waals surface area contributed by atoms with Crippen LogP contribution in [0.5, 0.6) is 0 Å². The molecule has 0 saturated carbocycles. The number of hydrogen-bond donors (Lipinski definition) is 0. The number of carbonyl (C=O) groups is 3. The summed E-state index contributed by atoms with van der Waals surface area (Å²) in [5.74, 6) is 0.477. The Morgan fingerprint density at radius 1 is 1.17 bits per heavy atom. The molecule has 0 aliphatic carbocycles. The van der Waals surface area contributed by atoms with Crippen molar-refractivity contribution in [1.82, 2.24) is 9.80 Å². The highest BCUT2D eigenvalue weighted by molar-refractivity contribution is 8.18. The van der Waals surface area contributed by atoms with Gasteiger partial charge in [0.15, 0.2) is 5.09 Å². The largest absolute Gasteiger partial charge is 0.450 e. The maximum absolute atomic E-state index is 12.7. The molecule has 4 rings (SSSR count). The molecule has 0 spiro atoms. The summed E-state index contributed by atoms with van der Waals surface area (Å²) in [4.78, 5) is 41.6. The van der Waals surface area contributed by atoms with Crippen LogP contribution < -0.4 is 0 Å². The average Bonchev–Trinajstić information content (AvgIpc) is 3.28. The van der Waals surface area contributed by atoms with Crippen LogP contribution in [0.2, 0.25) is 0 Å². The molecule has 1 aromatic heterocycles. The first-order valence-corrected chi connectivity index (χ1v) is 11.5. The van der Waals surface area contributed by atoms with Crippen LogP contribution in [0.1, 0.15) is 25.5 Å². The molecule has 0 bridgehead atoms. The van der Waals surface area contributed by atoms with Gasteiger partial charge in [-0.3, -0.25) is 19.3 Å². The first-order chi connectivity index (χ1) is 14.5. The van der Waals surface area contributed by atoms with Crippen molar-refractivity contribution in [1.29, 1.82) is 0 Å². The summed E-state index contributed by atoms with van der Waals surface area (Å²) >= 11 is 2.32. The lowest BCUT2D eigenvalue weighted by Gasteiger charge is -2.31. The Labute approximate surface area is 183 Å². The molecule has 3 amide bonds. The molecular weight excluding hydrogens is 420 g/mol. The molecule has 8 heteroatoms. The molecule has 3 heterocycles. The summed E-state index contributed by atoms with van der Waals surface area (Å²) in [6.45, 7) is 3.33. The van der Waals surface area contributed by atoms with Gasteiger partial charge in [-0.2, -0.15) is 0 Å². The molecule has 2 fully saturated rings. The number of furan rings is 1. The molecule has 1 aromatic carbocycles. The number of hydrogen-bond acceptors (Lipinski definition) is 6. The van der Waals surface area contributed by atoms with Gasteiger partial charge < -0.3 is 9.32 Å². The quantitative estimate of drug-likeness (QED) is 0.624. The number of amides is 3. The van der Waals surface area contributed by atoms with Crippen molar-refractivity contribution in [3.63, 3.8) is 0 Å². The fraction of sp³-hybridized carbons (Fsp3) is 0.318. The zero-order valence-electron chi connectivity index (χ0n) is 16.6. The van der Waals surface area contributed by atoms with Gasteiger partial charge in [0.25, 0.3) is 11.1 Å². The molecule has 2 aromatic rings. The SMILES string of the molecule is CC1CCN(C(=O)CN2C(=O)S/C(=C\c3ccc(Sc4ccccc4)o3)C2=O)CC1. The molecule has 2 aliphatic heterocycles. The van der Waals surface area contributed by atoms with Crippen molar-refractivity contribution in [3.8, 4) is 0 Å². The number of benzene rings is 1. The van der Waals surface area contributed by atoms with Crippen LogP contribution in [0.15, 0.2) is 61.8 Å². The molecule has 2 saturated heterocycles. The van der Waals surface area contributed by atoms with Gasteiger partial charge in [-0.1, -0.05) is 36.9 Å². The van der Waals surface area contributed by atoms with E-state index in [4.69, 9.17) is 4.42 Å². The Kier molecular flexibility index (Phi) is 6.34. The van der Waals surface area contributed by atoms with E-state index in [1.165, 1.54) is 11.8 Å². The Bertz CT molecular complexity index is 978. The minimum absolute atomic E-state index is 0.176. The van der Waals surface area contributed by atoms with Crippen molar-refractivity contribution >= 4 is 46.7 Å². The van der Waals surface area contributed by atoms with E-state index in [1.807, 2.05) is 36.4 Å². The summed E-state index contributed by atoms with van der Waals surface area (Å²) in [5.41, 5.74) is 0. The van der Waals surface area contributed by atoms with Crippen molar-refractivity contribution in [2.24, 2.45) is 5.92 Å².